The summed E-state index contributed by atoms with van der Waals surface area (Å²) in [6, 6.07) is 14.8. The molecule has 0 spiro atoms. The Labute approximate surface area is 308 Å². The second kappa shape index (κ2) is 24.1. The molecule has 0 bridgehead atoms. The van der Waals surface area contributed by atoms with Crippen LogP contribution in [0.4, 0.5) is 9.59 Å². The van der Waals surface area contributed by atoms with Crippen LogP contribution in [-0.4, -0.2) is 70.6 Å². The predicted octanol–water partition coefficient (Wildman–Crippen LogP) is 3.97. The molecule has 4 amide bonds. The number of carbonyl (C=O) groups excluding carboxylic acids is 4. The minimum atomic E-state index is -1.44. The highest BCUT2D eigenvalue weighted by Gasteiger charge is 2.36. The Hall–Kier alpha value is -4.24. The molecule has 14 heteroatoms. The van der Waals surface area contributed by atoms with Gasteiger partial charge < -0.3 is 30.3 Å². The average Bonchev–Trinajstić information content (AvgIpc) is 3.13. The lowest BCUT2D eigenvalue weighted by Gasteiger charge is -2.35. The highest BCUT2D eigenvalue weighted by Crippen LogP contribution is 2.17. The summed E-state index contributed by atoms with van der Waals surface area (Å²) in [7, 11) is 0. The Morgan fingerprint density at radius 2 is 0.942 bits per heavy atom. The molecule has 0 aromatic heterocycles. The van der Waals surface area contributed by atoms with Gasteiger partial charge in [0.15, 0.2) is 0 Å². The number of hydrazine groups is 2. The van der Waals surface area contributed by atoms with Gasteiger partial charge in [-0.25, -0.2) is 20.4 Å². The van der Waals surface area contributed by atoms with Crippen LogP contribution in [0.3, 0.4) is 0 Å². The molecule has 2 aromatic carbocycles. The SMILES string of the molecule is CCCC[C@H](NC(=O)[C@@H](NNC(=O)OCc1ccccc1)C(C)C)[C@@H](O)[C@H](O)[C@H](CCCC)NC(=O)[C@@H](NNC(=O)OCc1ccccc1)C(C)C. The molecule has 2 rings (SSSR count). The second-order valence-corrected chi connectivity index (χ2v) is 13.6. The summed E-state index contributed by atoms with van der Waals surface area (Å²) in [6.45, 7) is 11.2. The van der Waals surface area contributed by atoms with Gasteiger partial charge in [-0.3, -0.25) is 20.4 Å². The number of aliphatic hydroxyl groups excluding tert-OH is 2. The molecule has 0 heterocycles. The fraction of sp³-hybridized carbons (Fsp3) is 0.579. The lowest BCUT2D eigenvalue weighted by atomic mass is 9.91. The van der Waals surface area contributed by atoms with Gasteiger partial charge in [0, 0.05) is 0 Å². The van der Waals surface area contributed by atoms with Crippen LogP contribution in [-0.2, 0) is 32.3 Å². The van der Waals surface area contributed by atoms with Crippen molar-refractivity contribution in [2.45, 2.75) is 130 Å². The van der Waals surface area contributed by atoms with Gasteiger partial charge in [-0.1, -0.05) is 128 Å². The van der Waals surface area contributed by atoms with Gasteiger partial charge in [0.1, 0.15) is 37.5 Å². The van der Waals surface area contributed by atoms with Crippen molar-refractivity contribution < 1.29 is 38.9 Å². The van der Waals surface area contributed by atoms with Crippen LogP contribution in [0.1, 0.15) is 91.2 Å². The summed E-state index contributed by atoms with van der Waals surface area (Å²) < 4.78 is 10.5. The van der Waals surface area contributed by atoms with Crippen LogP contribution in [0.25, 0.3) is 0 Å². The number of nitrogens with one attached hydrogen (secondary N) is 6. The first kappa shape index (κ1) is 43.9. The molecule has 52 heavy (non-hydrogen) atoms. The molecular weight excluding hydrogens is 668 g/mol. The summed E-state index contributed by atoms with van der Waals surface area (Å²) in [5, 5.41) is 28.8. The summed E-state index contributed by atoms with van der Waals surface area (Å²) in [6.07, 6.45) is -0.841. The van der Waals surface area contributed by atoms with Crippen LogP contribution in [0.2, 0.25) is 0 Å². The number of hydrogen-bond acceptors (Lipinski definition) is 10. The molecule has 0 radical (unpaired) electrons. The van der Waals surface area contributed by atoms with Gasteiger partial charge in [-0.2, -0.15) is 0 Å². The van der Waals surface area contributed by atoms with E-state index in [1.165, 1.54) is 0 Å². The van der Waals surface area contributed by atoms with E-state index in [1.807, 2.05) is 74.5 Å². The van der Waals surface area contributed by atoms with E-state index in [9.17, 15) is 29.4 Å². The maximum Gasteiger partial charge on any atom is 0.421 e. The van der Waals surface area contributed by atoms with Crippen molar-refractivity contribution in [3.8, 4) is 0 Å². The van der Waals surface area contributed by atoms with Crippen LogP contribution in [0.15, 0.2) is 60.7 Å². The number of rotatable bonds is 23. The first-order valence-corrected chi connectivity index (χ1v) is 18.3. The van der Waals surface area contributed by atoms with E-state index in [-0.39, 0.29) is 25.0 Å². The maximum absolute atomic E-state index is 13.5. The predicted molar refractivity (Wildman–Crippen MR) is 198 cm³/mol. The van der Waals surface area contributed by atoms with Crippen molar-refractivity contribution >= 4 is 24.0 Å². The molecule has 2 aromatic rings. The van der Waals surface area contributed by atoms with Crippen molar-refractivity contribution in [1.29, 1.82) is 0 Å². The molecule has 0 aliphatic rings. The first-order valence-electron chi connectivity index (χ1n) is 18.3. The van der Waals surface area contributed by atoms with E-state index in [0.717, 1.165) is 24.0 Å². The zero-order valence-corrected chi connectivity index (χ0v) is 31.4. The van der Waals surface area contributed by atoms with E-state index >= 15 is 0 Å². The third kappa shape index (κ3) is 16.0. The third-order valence-corrected chi connectivity index (χ3v) is 8.55. The van der Waals surface area contributed by atoms with Gasteiger partial charge in [-0.15, -0.1) is 0 Å². The number of amides is 4. The maximum atomic E-state index is 13.5. The molecule has 0 saturated heterocycles. The van der Waals surface area contributed by atoms with Gasteiger partial charge in [0.05, 0.1) is 12.1 Å². The Balaban J connectivity index is 2.07. The smallest absolute Gasteiger partial charge is 0.421 e. The van der Waals surface area contributed by atoms with Crippen molar-refractivity contribution in [3.05, 3.63) is 71.8 Å². The summed E-state index contributed by atoms with van der Waals surface area (Å²) >= 11 is 0. The highest BCUT2D eigenvalue weighted by molar-refractivity contribution is 5.83. The number of ether oxygens (including phenoxy) is 2. The molecule has 8 N–H and O–H groups in total. The lowest BCUT2D eigenvalue weighted by molar-refractivity contribution is -0.130. The normalized spacial score (nSPS) is 14.7. The van der Waals surface area contributed by atoms with Crippen molar-refractivity contribution in [2.75, 3.05) is 0 Å². The first-order chi connectivity index (χ1) is 24.9. The topological polar surface area (TPSA) is 199 Å². The van der Waals surface area contributed by atoms with Crippen molar-refractivity contribution in [3.63, 3.8) is 0 Å². The van der Waals surface area contributed by atoms with E-state index in [2.05, 4.69) is 32.3 Å². The fourth-order valence-corrected chi connectivity index (χ4v) is 5.39. The number of carbonyl (C=O) groups is 4. The zero-order valence-electron chi connectivity index (χ0n) is 31.4. The van der Waals surface area contributed by atoms with Gasteiger partial charge >= 0.3 is 12.2 Å². The average molecular weight is 729 g/mol. The number of benzene rings is 2. The zero-order chi connectivity index (χ0) is 38.5. The van der Waals surface area contributed by atoms with Gasteiger partial charge in [0.2, 0.25) is 11.8 Å². The lowest BCUT2D eigenvalue weighted by Crippen LogP contribution is -2.62. The van der Waals surface area contributed by atoms with Crippen LogP contribution in [0.5, 0.6) is 0 Å². The van der Waals surface area contributed by atoms with Gasteiger partial charge in [0.25, 0.3) is 0 Å². The number of unbranched alkanes of at least 4 members (excludes halogenated alkanes) is 2. The van der Waals surface area contributed by atoms with E-state index in [1.54, 1.807) is 27.7 Å². The standard InChI is InChI=1S/C38H60N6O8/c1-7-9-21-29(39-35(47)31(25(3)4)41-43-37(49)51-23-27-17-13-11-14-18-27)33(45)34(46)30(22-10-8-2)40-36(48)32(26(5)6)42-44-38(50)52-24-28-19-15-12-16-20-28/h11-20,25-26,29-34,41-42,45-46H,7-10,21-24H2,1-6H3,(H,39,47)(H,40,48)(H,43,49)(H,44,50)/t29-,30-,31-,32-,33+,34+/m0/s1. The van der Waals surface area contributed by atoms with E-state index < -0.39 is 60.4 Å². The molecule has 6 atom stereocenters. The summed E-state index contributed by atoms with van der Waals surface area (Å²) in [5.41, 5.74) is 11.9. The quantitative estimate of drug-likeness (QED) is 0.0775. The fourth-order valence-electron chi connectivity index (χ4n) is 5.39. The molecule has 14 nitrogen and oxygen atoms in total. The Kier molecular flexibility index (Phi) is 20.3. The Bertz CT molecular complexity index is 1230. The third-order valence-electron chi connectivity index (χ3n) is 8.55. The van der Waals surface area contributed by atoms with Crippen LogP contribution in [0, 0.1) is 11.8 Å². The highest BCUT2D eigenvalue weighted by atomic mass is 16.6. The summed E-state index contributed by atoms with van der Waals surface area (Å²) in [5.74, 6) is -1.53. The number of aliphatic hydroxyl groups is 2. The molecule has 0 fully saturated rings. The van der Waals surface area contributed by atoms with Crippen molar-refractivity contribution in [1.82, 2.24) is 32.3 Å². The molecule has 290 valence electrons. The molecule has 0 aliphatic carbocycles. The van der Waals surface area contributed by atoms with Gasteiger partial charge in [-0.05, 0) is 35.8 Å². The van der Waals surface area contributed by atoms with Crippen LogP contribution >= 0.6 is 0 Å². The second-order valence-electron chi connectivity index (χ2n) is 13.6. The molecule has 0 aliphatic heterocycles. The van der Waals surface area contributed by atoms with Crippen molar-refractivity contribution in [2.24, 2.45) is 11.8 Å². The van der Waals surface area contributed by atoms with Crippen LogP contribution < -0.4 is 32.3 Å². The molecule has 0 saturated carbocycles. The minimum Gasteiger partial charge on any atom is -0.444 e. The monoisotopic (exact) mass is 728 g/mol. The van der Waals surface area contributed by atoms with E-state index in [4.69, 9.17) is 9.47 Å². The minimum absolute atomic E-state index is 0.0532. The Morgan fingerprint density at radius 1 is 0.596 bits per heavy atom. The number of hydrogen-bond donors (Lipinski definition) is 8. The molecule has 0 unspecified atom stereocenters. The summed E-state index contributed by atoms with van der Waals surface area (Å²) in [4.78, 5) is 51.8. The largest absolute Gasteiger partial charge is 0.444 e. The van der Waals surface area contributed by atoms with E-state index in [0.29, 0.717) is 25.7 Å². The Morgan fingerprint density at radius 3 is 1.25 bits per heavy atom. The molecular formula is C38H60N6O8.